The summed E-state index contributed by atoms with van der Waals surface area (Å²) < 4.78 is 5.68. The van der Waals surface area contributed by atoms with Gasteiger partial charge >= 0.3 is 0 Å². The van der Waals surface area contributed by atoms with Crippen molar-refractivity contribution in [2.75, 3.05) is 19.8 Å². The van der Waals surface area contributed by atoms with Gasteiger partial charge < -0.3 is 25.2 Å². The minimum atomic E-state index is -1.22. The first-order valence-electron chi connectivity index (χ1n) is 8.67. The Morgan fingerprint density at radius 1 is 1.08 bits per heavy atom. The maximum Gasteiger partial charge on any atom is 0.119 e. The molecule has 6 heteroatoms. The van der Waals surface area contributed by atoms with Crippen LogP contribution < -0.4 is 4.74 Å². The summed E-state index contributed by atoms with van der Waals surface area (Å²) >= 11 is 0. The topological polar surface area (TPSA) is 93.4 Å². The number of likely N-dealkylation sites (tertiary alicyclic amines) is 1. The number of β-amino-alcohol motifs (C(OH)–C–C–N with tert-alkyl or cyclic N) is 1. The lowest BCUT2D eigenvalue weighted by atomic mass is 9.94. The Labute approximate surface area is 143 Å². The molecular weight excluding hydrogens is 310 g/mol. The molecule has 1 aliphatic heterocycles. The Bertz CT molecular complexity index is 481. The number of nitrogens with zero attached hydrogens (tertiary/aromatic N) is 1. The predicted octanol–water partition coefficient (Wildman–Crippen LogP) is 0.515. The van der Waals surface area contributed by atoms with E-state index < -0.39 is 24.4 Å². The SMILES string of the molecule is CCCCCOc1ccc(CN2C[C@H](O)[C@@H](O)[C@H](O)[C@H]2CO)cc1. The Balaban J connectivity index is 1.92. The molecule has 24 heavy (non-hydrogen) atoms. The van der Waals surface area contributed by atoms with E-state index in [1.165, 1.54) is 0 Å². The molecule has 4 N–H and O–H groups in total. The van der Waals surface area contributed by atoms with Crippen molar-refractivity contribution in [3.8, 4) is 5.75 Å². The lowest BCUT2D eigenvalue weighted by molar-refractivity contribution is -0.147. The van der Waals surface area contributed by atoms with Crippen molar-refractivity contribution in [2.45, 2.75) is 57.1 Å². The molecule has 1 aliphatic rings. The molecule has 1 aromatic carbocycles. The van der Waals surface area contributed by atoms with Gasteiger partial charge in [-0.25, -0.2) is 0 Å². The van der Waals surface area contributed by atoms with Crippen molar-refractivity contribution in [1.82, 2.24) is 4.90 Å². The van der Waals surface area contributed by atoms with Crippen molar-refractivity contribution in [3.05, 3.63) is 29.8 Å². The third-order valence-electron chi connectivity index (χ3n) is 4.54. The first kappa shape index (κ1) is 19.1. The minimum absolute atomic E-state index is 0.207. The molecule has 4 atom stereocenters. The van der Waals surface area contributed by atoms with Gasteiger partial charge in [0.25, 0.3) is 0 Å². The Hall–Kier alpha value is -1.18. The molecule has 1 heterocycles. The molecule has 1 aromatic rings. The van der Waals surface area contributed by atoms with Crippen LogP contribution in [0.4, 0.5) is 0 Å². The molecule has 2 rings (SSSR count). The third-order valence-corrected chi connectivity index (χ3v) is 4.54. The first-order valence-corrected chi connectivity index (χ1v) is 8.67. The Kier molecular flexibility index (Phi) is 7.45. The summed E-state index contributed by atoms with van der Waals surface area (Å²) in [5.41, 5.74) is 0.991. The molecule has 1 fully saturated rings. The van der Waals surface area contributed by atoms with E-state index in [9.17, 15) is 20.4 Å². The van der Waals surface area contributed by atoms with Gasteiger partial charge in [-0.2, -0.15) is 0 Å². The summed E-state index contributed by atoms with van der Waals surface area (Å²) in [4.78, 5) is 1.79. The van der Waals surface area contributed by atoms with Gasteiger partial charge in [0.05, 0.1) is 25.4 Å². The van der Waals surface area contributed by atoms with E-state index >= 15 is 0 Å². The first-order chi connectivity index (χ1) is 11.6. The molecule has 0 aromatic heterocycles. The number of hydrogen-bond acceptors (Lipinski definition) is 6. The van der Waals surface area contributed by atoms with Crippen LogP contribution in [0.1, 0.15) is 31.7 Å². The highest BCUT2D eigenvalue weighted by Crippen LogP contribution is 2.22. The molecule has 0 radical (unpaired) electrons. The number of aliphatic hydroxyl groups excluding tert-OH is 4. The van der Waals surface area contributed by atoms with Crippen LogP contribution in [-0.4, -0.2) is 69.4 Å². The highest BCUT2D eigenvalue weighted by molar-refractivity contribution is 5.27. The van der Waals surface area contributed by atoms with Gasteiger partial charge in [0, 0.05) is 13.1 Å². The zero-order chi connectivity index (χ0) is 17.5. The number of unbranched alkanes of at least 4 members (excludes halogenated alkanes) is 2. The summed E-state index contributed by atoms with van der Waals surface area (Å²) in [5, 5.41) is 39.1. The smallest absolute Gasteiger partial charge is 0.119 e. The fourth-order valence-corrected chi connectivity index (χ4v) is 3.03. The molecule has 0 bridgehead atoms. The third kappa shape index (κ3) is 4.91. The maximum absolute atomic E-state index is 10.0. The number of benzene rings is 1. The van der Waals surface area contributed by atoms with Crippen LogP contribution in [0.25, 0.3) is 0 Å². The van der Waals surface area contributed by atoms with E-state index in [1.807, 2.05) is 24.3 Å². The molecular formula is C18H29NO5. The van der Waals surface area contributed by atoms with Crippen LogP contribution in [0.2, 0.25) is 0 Å². The lowest BCUT2D eigenvalue weighted by Gasteiger charge is -2.43. The normalized spacial score (nSPS) is 28.0. The van der Waals surface area contributed by atoms with Crippen molar-refractivity contribution in [1.29, 1.82) is 0 Å². The Morgan fingerprint density at radius 3 is 2.42 bits per heavy atom. The van der Waals surface area contributed by atoms with E-state index in [4.69, 9.17) is 4.74 Å². The largest absolute Gasteiger partial charge is 0.494 e. The number of aliphatic hydroxyl groups is 4. The van der Waals surface area contributed by atoms with E-state index in [2.05, 4.69) is 6.92 Å². The van der Waals surface area contributed by atoms with Crippen LogP contribution >= 0.6 is 0 Å². The Morgan fingerprint density at radius 2 is 1.79 bits per heavy atom. The predicted molar refractivity (Wildman–Crippen MR) is 90.8 cm³/mol. The highest BCUT2D eigenvalue weighted by atomic mass is 16.5. The van der Waals surface area contributed by atoms with Gasteiger partial charge in [-0.1, -0.05) is 31.9 Å². The van der Waals surface area contributed by atoms with Crippen molar-refractivity contribution >= 4 is 0 Å². The summed E-state index contributed by atoms with van der Waals surface area (Å²) in [6.45, 7) is 3.27. The van der Waals surface area contributed by atoms with E-state index in [-0.39, 0.29) is 13.2 Å². The van der Waals surface area contributed by atoms with Crippen LogP contribution in [0, 0.1) is 0 Å². The van der Waals surface area contributed by atoms with Crippen LogP contribution in [0.3, 0.4) is 0 Å². The van der Waals surface area contributed by atoms with Gasteiger partial charge in [-0.3, -0.25) is 4.90 Å². The van der Waals surface area contributed by atoms with Gasteiger partial charge in [0.1, 0.15) is 18.0 Å². The number of ether oxygens (including phenoxy) is 1. The monoisotopic (exact) mass is 339 g/mol. The summed E-state index contributed by atoms with van der Waals surface area (Å²) in [5.74, 6) is 0.822. The summed E-state index contributed by atoms with van der Waals surface area (Å²) in [6, 6.07) is 7.09. The van der Waals surface area contributed by atoms with Gasteiger partial charge in [-0.05, 0) is 24.1 Å². The molecule has 1 saturated heterocycles. The average molecular weight is 339 g/mol. The number of hydrogen-bond donors (Lipinski definition) is 4. The average Bonchev–Trinajstić information content (AvgIpc) is 2.58. The summed E-state index contributed by atoms with van der Waals surface area (Å²) in [6.07, 6.45) is -0.0495. The van der Waals surface area contributed by atoms with E-state index in [0.717, 1.165) is 30.6 Å². The van der Waals surface area contributed by atoms with Crippen LogP contribution in [0.15, 0.2) is 24.3 Å². The van der Waals surface area contributed by atoms with Crippen molar-refractivity contribution in [2.24, 2.45) is 0 Å². The van der Waals surface area contributed by atoms with Crippen LogP contribution in [-0.2, 0) is 6.54 Å². The zero-order valence-electron chi connectivity index (χ0n) is 14.2. The molecule has 0 aliphatic carbocycles. The molecule has 0 spiro atoms. The van der Waals surface area contributed by atoms with Gasteiger partial charge in [0.15, 0.2) is 0 Å². The summed E-state index contributed by atoms with van der Waals surface area (Å²) in [7, 11) is 0. The molecule has 0 saturated carbocycles. The maximum atomic E-state index is 10.0. The second-order valence-corrected chi connectivity index (χ2v) is 6.43. The van der Waals surface area contributed by atoms with Gasteiger partial charge in [-0.15, -0.1) is 0 Å². The van der Waals surface area contributed by atoms with Crippen molar-refractivity contribution < 1.29 is 25.2 Å². The number of rotatable bonds is 8. The fraction of sp³-hybridized carbons (Fsp3) is 0.667. The fourth-order valence-electron chi connectivity index (χ4n) is 3.03. The molecule has 136 valence electrons. The molecule has 0 amide bonds. The lowest BCUT2D eigenvalue weighted by Crippen LogP contribution is -2.62. The zero-order valence-corrected chi connectivity index (χ0v) is 14.2. The molecule has 6 nitrogen and oxygen atoms in total. The number of piperidine rings is 1. The minimum Gasteiger partial charge on any atom is -0.494 e. The van der Waals surface area contributed by atoms with Crippen molar-refractivity contribution in [3.63, 3.8) is 0 Å². The van der Waals surface area contributed by atoms with E-state index in [0.29, 0.717) is 13.2 Å². The highest BCUT2D eigenvalue weighted by Gasteiger charge is 2.40. The second-order valence-electron chi connectivity index (χ2n) is 6.43. The van der Waals surface area contributed by atoms with E-state index in [1.54, 1.807) is 4.90 Å². The van der Waals surface area contributed by atoms with Gasteiger partial charge in [0.2, 0.25) is 0 Å². The molecule has 0 unspecified atom stereocenters. The second kappa shape index (κ2) is 9.34. The quantitative estimate of drug-likeness (QED) is 0.516. The van der Waals surface area contributed by atoms with Crippen LogP contribution in [0.5, 0.6) is 5.75 Å². The standard InChI is InChI=1S/C18H29NO5/c1-2-3-4-9-24-14-7-5-13(6-8-14)10-19-11-16(21)18(23)17(22)15(19)12-20/h5-8,15-18,20-23H,2-4,9-12H2,1H3/t15-,16+,17-,18-/m1/s1.